The molecule has 0 radical (unpaired) electrons. The zero-order valence-electron chi connectivity index (χ0n) is 14.0. The monoisotopic (exact) mass is 268 g/mol. The highest BCUT2D eigenvalue weighted by Crippen LogP contribution is 2.21. The van der Waals surface area contributed by atoms with Crippen molar-refractivity contribution in [2.24, 2.45) is 11.8 Å². The van der Waals surface area contributed by atoms with Crippen LogP contribution in [0, 0.1) is 11.8 Å². The Kier molecular flexibility index (Phi) is 8.01. The Balaban J connectivity index is 0.000000399. The lowest BCUT2D eigenvalue weighted by molar-refractivity contribution is 0.129. The normalized spacial score (nSPS) is 22.9. The number of hydrogen-bond acceptors (Lipinski definition) is 2. The molecule has 114 valence electrons. The third-order valence-corrected chi connectivity index (χ3v) is 4.09. The second-order valence-corrected chi connectivity index (χ2v) is 7.31. The van der Waals surface area contributed by atoms with Crippen LogP contribution in [0.25, 0.3) is 0 Å². The summed E-state index contributed by atoms with van der Waals surface area (Å²) >= 11 is 0. The maximum Gasteiger partial charge on any atom is 0.00385 e. The molecule has 0 aromatic heterocycles. The highest BCUT2D eigenvalue weighted by atomic mass is 15.2. The van der Waals surface area contributed by atoms with E-state index in [-0.39, 0.29) is 0 Å². The smallest absolute Gasteiger partial charge is 0.00385 e. The average Bonchev–Trinajstić information content (AvgIpc) is 2.82. The summed E-state index contributed by atoms with van der Waals surface area (Å²) in [5.41, 5.74) is 0. The van der Waals surface area contributed by atoms with Gasteiger partial charge in [0.25, 0.3) is 0 Å². The topological polar surface area (TPSA) is 6.48 Å². The molecule has 2 heteroatoms. The summed E-state index contributed by atoms with van der Waals surface area (Å²) < 4.78 is 0. The van der Waals surface area contributed by atoms with Gasteiger partial charge in [0.2, 0.25) is 0 Å². The van der Waals surface area contributed by atoms with Crippen LogP contribution < -0.4 is 0 Å². The number of nitrogens with zero attached hydrogens (tertiary/aromatic N) is 2. The zero-order valence-corrected chi connectivity index (χ0v) is 14.0. The molecule has 0 aromatic rings. The predicted octanol–water partition coefficient (Wildman–Crippen LogP) is 3.86. The summed E-state index contributed by atoms with van der Waals surface area (Å²) in [5.74, 6) is 1.82. The van der Waals surface area contributed by atoms with Gasteiger partial charge in [-0.2, -0.15) is 0 Å². The van der Waals surface area contributed by atoms with Gasteiger partial charge in [0.1, 0.15) is 0 Å². The standard InChI is InChI=1S/C13H26N2.C4H10/c1-12(2)15-9-5-13(6-10-15)11-14-7-3-4-8-14;1-4(2)3/h12-13H,3-11H2,1-2H3;4H,1-3H3. The van der Waals surface area contributed by atoms with Gasteiger partial charge in [0, 0.05) is 12.6 Å². The van der Waals surface area contributed by atoms with E-state index in [9.17, 15) is 0 Å². The first kappa shape index (κ1) is 17.0. The summed E-state index contributed by atoms with van der Waals surface area (Å²) in [6.45, 7) is 17.9. The second-order valence-electron chi connectivity index (χ2n) is 7.31. The van der Waals surface area contributed by atoms with Gasteiger partial charge in [0.05, 0.1) is 0 Å². The van der Waals surface area contributed by atoms with Crippen molar-refractivity contribution in [2.75, 3.05) is 32.7 Å². The van der Waals surface area contributed by atoms with Crippen LogP contribution in [-0.2, 0) is 0 Å². The van der Waals surface area contributed by atoms with Gasteiger partial charge in [0.15, 0.2) is 0 Å². The van der Waals surface area contributed by atoms with Crippen LogP contribution in [0.3, 0.4) is 0 Å². The van der Waals surface area contributed by atoms with Crippen LogP contribution in [0.2, 0.25) is 0 Å². The van der Waals surface area contributed by atoms with E-state index in [4.69, 9.17) is 0 Å². The maximum atomic E-state index is 2.68. The molecular weight excluding hydrogens is 232 g/mol. The lowest BCUT2D eigenvalue weighted by Gasteiger charge is -2.36. The highest BCUT2D eigenvalue weighted by Gasteiger charge is 2.23. The molecule has 0 amide bonds. The van der Waals surface area contributed by atoms with Crippen molar-refractivity contribution in [3.05, 3.63) is 0 Å². The maximum absolute atomic E-state index is 2.68. The Hall–Kier alpha value is -0.0800. The van der Waals surface area contributed by atoms with Gasteiger partial charge in [-0.3, -0.25) is 0 Å². The van der Waals surface area contributed by atoms with Crippen molar-refractivity contribution < 1.29 is 0 Å². The first-order valence-corrected chi connectivity index (χ1v) is 8.45. The fraction of sp³-hybridized carbons (Fsp3) is 1.00. The van der Waals surface area contributed by atoms with E-state index in [1.54, 1.807) is 0 Å². The molecule has 0 spiro atoms. The molecule has 0 aliphatic carbocycles. The molecule has 2 aliphatic heterocycles. The molecule has 0 unspecified atom stereocenters. The van der Waals surface area contributed by atoms with Gasteiger partial charge >= 0.3 is 0 Å². The Bertz CT molecular complexity index is 209. The summed E-state index contributed by atoms with van der Waals surface area (Å²) in [7, 11) is 0. The van der Waals surface area contributed by atoms with Gasteiger partial charge in [-0.05, 0) is 77.5 Å². The van der Waals surface area contributed by atoms with E-state index >= 15 is 0 Å². The van der Waals surface area contributed by atoms with Gasteiger partial charge in [-0.1, -0.05) is 20.8 Å². The van der Waals surface area contributed by atoms with Crippen molar-refractivity contribution in [3.63, 3.8) is 0 Å². The van der Waals surface area contributed by atoms with Crippen LogP contribution in [0.4, 0.5) is 0 Å². The predicted molar refractivity (Wildman–Crippen MR) is 85.6 cm³/mol. The van der Waals surface area contributed by atoms with Crippen LogP contribution in [-0.4, -0.2) is 48.6 Å². The quantitative estimate of drug-likeness (QED) is 0.767. The minimum Gasteiger partial charge on any atom is -0.303 e. The minimum atomic E-state index is 0.748. The largest absolute Gasteiger partial charge is 0.303 e. The third kappa shape index (κ3) is 7.31. The SMILES string of the molecule is CC(C)C.CC(C)N1CCC(CN2CCCC2)CC1. The van der Waals surface area contributed by atoms with E-state index in [1.807, 2.05) is 0 Å². The van der Waals surface area contributed by atoms with Crippen molar-refractivity contribution in [2.45, 2.75) is 66.3 Å². The van der Waals surface area contributed by atoms with Crippen LogP contribution in [0.15, 0.2) is 0 Å². The van der Waals surface area contributed by atoms with Crippen molar-refractivity contribution in [3.8, 4) is 0 Å². The van der Waals surface area contributed by atoms with Gasteiger partial charge in [-0.15, -0.1) is 0 Å². The van der Waals surface area contributed by atoms with Crippen LogP contribution in [0.5, 0.6) is 0 Å². The second kappa shape index (κ2) is 8.97. The fourth-order valence-electron chi connectivity index (χ4n) is 2.98. The first-order valence-electron chi connectivity index (χ1n) is 8.45. The van der Waals surface area contributed by atoms with E-state index in [2.05, 4.69) is 44.4 Å². The van der Waals surface area contributed by atoms with Gasteiger partial charge < -0.3 is 9.80 Å². The summed E-state index contributed by atoms with van der Waals surface area (Å²) in [6.07, 6.45) is 5.72. The van der Waals surface area contributed by atoms with Crippen LogP contribution in [0.1, 0.15) is 60.3 Å². The molecule has 2 saturated heterocycles. The minimum absolute atomic E-state index is 0.748. The summed E-state index contributed by atoms with van der Waals surface area (Å²) in [4.78, 5) is 5.30. The summed E-state index contributed by atoms with van der Waals surface area (Å²) in [6, 6.07) is 0.748. The Morgan fingerprint density at radius 2 is 1.32 bits per heavy atom. The summed E-state index contributed by atoms with van der Waals surface area (Å²) in [5, 5.41) is 0. The molecule has 0 bridgehead atoms. The Labute approximate surface area is 121 Å². The molecule has 2 fully saturated rings. The Morgan fingerprint density at radius 1 is 0.842 bits per heavy atom. The van der Waals surface area contributed by atoms with Crippen molar-refractivity contribution >= 4 is 0 Å². The number of rotatable bonds is 3. The molecule has 0 atom stereocenters. The fourth-order valence-corrected chi connectivity index (χ4v) is 2.98. The highest BCUT2D eigenvalue weighted by molar-refractivity contribution is 4.78. The molecule has 2 rings (SSSR count). The molecular formula is C17H36N2. The first-order chi connectivity index (χ1) is 8.99. The molecule has 2 nitrogen and oxygen atoms in total. The lowest BCUT2D eigenvalue weighted by atomic mass is 9.95. The van der Waals surface area contributed by atoms with Gasteiger partial charge in [-0.25, -0.2) is 0 Å². The molecule has 0 saturated carbocycles. The number of likely N-dealkylation sites (tertiary alicyclic amines) is 2. The lowest BCUT2D eigenvalue weighted by Crippen LogP contribution is -2.41. The molecule has 2 aliphatic rings. The molecule has 2 heterocycles. The van der Waals surface area contributed by atoms with E-state index < -0.39 is 0 Å². The third-order valence-electron chi connectivity index (χ3n) is 4.09. The molecule has 0 aromatic carbocycles. The van der Waals surface area contributed by atoms with E-state index in [0.29, 0.717) is 0 Å². The number of piperidine rings is 1. The Morgan fingerprint density at radius 3 is 1.74 bits per heavy atom. The van der Waals surface area contributed by atoms with Crippen LogP contribution >= 0.6 is 0 Å². The molecule has 0 N–H and O–H groups in total. The average molecular weight is 268 g/mol. The molecule has 19 heavy (non-hydrogen) atoms. The van der Waals surface area contributed by atoms with E-state index in [0.717, 1.165) is 17.9 Å². The van der Waals surface area contributed by atoms with Crippen molar-refractivity contribution in [1.82, 2.24) is 9.80 Å². The number of hydrogen-bond donors (Lipinski definition) is 0. The zero-order chi connectivity index (χ0) is 14.3. The van der Waals surface area contributed by atoms with E-state index in [1.165, 1.54) is 58.4 Å². The van der Waals surface area contributed by atoms with Crippen molar-refractivity contribution in [1.29, 1.82) is 0 Å².